The first-order valence-corrected chi connectivity index (χ1v) is 6.99. The van der Waals surface area contributed by atoms with Gasteiger partial charge in [-0.3, -0.25) is 9.69 Å². The molecular weight excluding hydrogens is 226 g/mol. The van der Waals surface area contributed by atoms with Crippen molar-refractivity contribution >= 4 is 5.91 Å². The van der Waals surface area contributed by atoms with Gasteiger partial charge in [0.05, 0.1) is 12.1 Å². The van der Waals surface area contributed by atoms with Gasteiger partial charge in [0.25, 0.3) is 0 Å². The zero-order valence-corrected chi connectivity index (χ0v) is 11.2. The lowest BCUT2D eigenvalue weighted by molar-refractivity contribution is -0.137. The van der Waals surface area contributed by atoms with E-state index in [0.717, 1.165) is 52.0 Å². The molecule has 0 spiro atoms. The number of carbonyl (C=O) groups excluding carboxylic acids is 1. The zero-order valence-electron chi connectivity index (χ0n) is 11.2. The third kappa shape index (κ3) is 2.68. The fourth-order valence-corrected chi connectivity index (χ4v) is 2.97. The summed E-state index contributed by atoms with van der Waals surface area (Å²) >= 11 is 0. The Morgan fingerprint density at radius 3 is 2.78 bits per heavy atom. The monoisotopic (exact) mass is 249 g/mol. The molecule has 2 saturated heterocycles. The van der Waals surface area contributed by atoms with E-state index in [1.54, 1.807) is 0 Å². The van der Waals surface area contributed by atoms with Gasteiger partial charge in [0.2, 0.25) is 5.91 Å². The first-order chi connectivity index (χ1) is 8.77. The molecule has 0 saturated carbocycles. The highest BCUT2D eigenvalue weighted by Gasteiger charge is 2.36. The minimum Gasteiger partial charge on any atom is -0.339 e. The van der Waals surface area contributed by atoms with Crippen LogP contribution < -0.4 is 5.32 Å². The summed E-state index contributed by atoms with van der Waals surface area (Å²) in [5, 5.41) is 3.28. The second-order valence-electron chi connectivity index (χ2n) is 5.06. The number of hydrogen-bond acceptors (Lipinski definition) is 3. The van der Waals surface area contributed by atoms with Crippen molar-refractivity contribution in [2.45, 2.75) is 38.3 Å². The van der Waals surface area contributed by atoms with Crippen molar-refractivity contribution in [2.24, 2.45) is 0 Å². The first kappa shape index (κ1) is 13.4. The van der Waals surface area contributed by atoms with E-state index in [2.05, 4.69) is 23.1 Å². The van der Waals surface area contributed by atoms with Gasteiger partial charge in [-0.05, 0) is 19.3 Å². The highest BCUT2D eigenvalue weighted by atomic mass is 16.2. The number of piperazine rings is 1. The lowest BCUT2D eigenvalue weighted by atomic mass is 10.1. The number of terminal acetylenes is 1. The van der Waals surface area contributed by atoms with Crippen molar-refractivity contribution in [1.82, 2.24) is 15.1 Å². The van der Waals surface area contributed by atoms with E-state index in [1.165, 1.54) is 0 Å². The molecule has 4 heteroatoms. The largest absolute Gasteiger partial charge is 0.339 e. The summed E-state index contributed by atoms with van der Waals surface area (Å²) < 4.78 is 0. The predicted octanol–water partition coefficient (Wildman–Crippen LogP) is 0.294. The Bertz CT molecular complexity index is 330. The second-order valence-corrected chi connectivity index (χ2v) is 5.06. The topological polar surface area (TPSA) is 35.6 Å². The van der Waals surface area contributed by atoms with E-state index < -0.39 is 0 Å². The average molecular weight is 249 g/mol. The number of likely N-dealkylation sites (tertiary alicyclic amines) is 1. The van der Waals surface area contributed by atoms with Crippen LogP contribution in [0.1, 0.15) is 26.2 Å². The van der Waals surface area contributed by atoms with Crippen molar-refractivity contribution in [3.05, 3.63) is 0 Å². The van der Waals surface area contributed by atoms with Crippen LogP contribution in [0, 0.1) is 12.3 Å². The molecule has 1 amide bonds. The summed E-state index contributed by atoms with van der Waals surface area (Å²) in [4.78, 5) is 16.8. The smallest absolute Gasteiger partial charge is 0.240 e. The maximum Gasteiger partial charge on any atom is 0.240 e. The van der Waals surface area contributed by atoms with Crippen LogP contribution in [0.15, 0.2) is 0 Å². The summed E-state index contributed by atoms with van der Waals surface area (Å²) in [6, 6.07) is 0.133. The third-order valence-electron chi connectivity index (χ3n) is 3.99. The van der Waals surface area contributed by atoms with Gasteiger partial charge in [-0.15, -0.1) is 6.42 Å². The molecule has 0 aromatic heterocycles. The molecule has 2 rings (SSSR count). The van der Waals surface area contributed by atoms with E-state index in [9.17, 15) is 4.79 Å². The van der Waals surface area contributed by atoms with Gasteiger partial charge in [-0.2, -0.15) is 0 Å². The standard InChI is InChI=1S/C14H23N3O/c1-3-12(4-2)17-9-5-6-13(17)14(18)16-10-7-15-8-11-16/h1,12-13,15H,4-11H2,2H3. The van der Waals surface area contributed by atoms with Crippen molar-refractivity contribution in [3.63, 3.8) is 0 Å². The quantitative estimate of drug-likeness (QED) is 0.731. The van der Waals surface area contributed by atoms with Crippen LogP contribution in [-0.4, -0.2) is 60.5 Å². The van der Waals surface area contributed by atoms with Gasteiger partial charge in [-0.1, -0.05) is 12.8 Å². The molecule has 2 unspecified atom stereocenters. The summed E-state index contributed by atoms with van der Waals surface area (Å²) in [5.74, 6) is 3.10. The van der Waals surface area contributed by atoms with Crippen LogP contribution in [0.5, 0.6) is 0 Å². The molecule has 100 valence electrons. The summed E-state index contributed by atoms with van der Waals surface area (Å²) in [5.41, 5.74) is 0. The zero-order chi connectivity index (χ0) is 13.0. The summed E-state index contributed by atoms with van der Waals surface area (Å²) in [6.45, 7) is 6.53. The Kier molecular flexibility index (Phi) is 4.62. The van der Waals surface area contributed by atoms with Crippen molar-refractivity contribution in [3.8, 4) is 12.3 Å². The fourth-order valence-electron chi connectivity index (χ4n) is 2.97. The van der Waals surface area contributed by atoms with Gasteiger partial charge >= 0.3 is 0 Å². The van der Waals surface area contributed by atoms with Crippen LogP contribution in [0.4, 0.5) is 0 Å². The lowest BCUT2D eigenvalue weighted by Gasteiger charge is -2.34. The molecule has 18 heavy (non-hydrogen) atoms. The van der Waals surface area contributed by atoms with Gasteiger partial charge < -0.3 is 10.2 Å². The van der Waals surface area contributed by atoms with Crippen LogP contribution in [-0.2, 0) is 4.79 Å². The molecular formula is C14H23N3O. The van der Waals surface area contributed by atoms with E-state index in [0.29, 0.717) is 0 Å². The van der Waals surface area contributed by atoms with Crippen LogP contribution in [0.2, 0.25) is 0 Å². The van der Waals surface area contributed by atoms with Crippen LogP contribution in [0.3, 0.4) is 0 Å². The van der Waals surface area contributed by atoms with E-state index in [-0.39, 0.29) is 18.0 Å². The molecule has 2 aliphatic heterocycles. The van der Waals surface area contributed by atoms with Crippen LogP contribution in [0.25, 0.3) is 0 Å². The van der Waals surface area contributed by atoms with Gasteiger partial charge in [0.15, 0.2) is 0 Å². The molecule has 1 N–H and O–H groups in total. The highest BCUT2D eigenvalue weighted by Crippen LogP contribution is 2.23. The molecule has 2 aliphatic rings. The molecule has 0 radical (unpaired) electrons. The molecule has 0 aliphatic carbocycles. The highest BCUT2D eigenvalue weighted by molar-refractivity contribution is 5.82. The Labute approximate surface area is 110 Å². The Morgan fingerprint density at radius 1 is 1.44 bits per heavy atom. The molecule has 0 bridgehead atoms. The second kappa shape index (κ2) is 6.21. The maximum absolute atomic E-state index is 12.5. The van der Waals surface area contributed by atoms with Gasteiger partial charge in [-0.25, -0.2) is 0 Å². The normalized spacial score (nSPS) is 26.9. The molecule has 0 aromatic carbocycles. The van der Waals surface area contributed by atoms with E-state index in [4.69, 9.17) is 6.42 Å². The van der Waals surface area contributed by atoms with E-state index >= 15 is 0 Å². The Hall–Kier alpha value is -1.05. The van der Waals surface area contributed by atoms with Gasteiger partial charge in [0.1, 0.15) is 0 Å². The minimum absolute atomic E-state index is 0.0177. The SMILES string of the molecule is C#CC(CC)N1CCCC1C(=O)N1CCNCC1. The van der Waals surface area contributed by atoms with E-state index in [1.807, 2.05) is 4.90 Å². The molecule has 2 heterocycles. The third-order valence-corrected chi connectivity index (χ3v) is 3.99. The van der Waals surface area contributed by atoms with Gasteiger partial charge in [0, 0.05) is 32.7 Å². The molecule has 4 nitrogen and oxygen atoms in total. The number of hydrogen-bond donors (Lipinski definition) is 1. The minimum atomic E-state index is 0.0177. The summed E-state index contributed by atoms with van der Waals surface area (Å²) in [7, 11) is 0. The first-order valence-electron chi connectivity index (χ1n) is 6.99. The number of carbonyl (C=O) groups is 1. The molecule has 2 atom stereocenters. The lowest BCUT2D eigenvalue weighted by Crippen LogP contribution is -2.53. The molecule has 2 fully saturated rings. The van der Waals surface area contributed by atoms with Crippen molar-refractivity contribution in [2.75, 3.05) is 32.7 Å². The fraction of sp³-hybridized carbons (Fsp3) is 0.786. The Morgan fingerprint density at radius 2 is 2.17 bits per heavy atom. The number of nitrogens with one attached hydrogen (secondary N) is 1. The van der Waals surface area contributed by atoms with Crippen LogP contribution >= 0.6 is 0 Å². The number of amides is 1. The average Bonchev–Trinajstić information content (AvgIpc) is 2.90. The number of rotatable bonds is 3. The number of nitrogens with zero attached hydrogens (tertiary/aromatic N) is 2. The van der Waals surface area contributed by atoms with Crippen molar-refractivity contribution in [1.29, 1.82) is 0 Å². The Balaban J connectivity index is 2.02. The summed E-state index contributed by atoms with van der Waals surface area (Å²) in [6.07, 6.45) is 8.54. The van der Waals surface area contributed by atoms with Crippen molar-refractivity contribution < 1.29 is 4.79 Å². The maximum atomic E-state index is 12.5. The molecule has 0 aromatic rings. The predicted molar refractivity (Wildman–Crippen MR) is 72.1 cm³/mol.